The highest BCUT2D eigenvalue weighted by Gasteiger charge is 2.18. The van der Waals surface area contributed by atoms with Crippen molar-refractivity contribution in [3.63, 3.8) is 0 Å². The van der Waals surface area contributed by atoms with Gasteiger partial charge in [-0.1, -0.05) is 48.2 Å². The van der Waals surface area contributed by atoms with Crippen molar-refractivity contribution in [2.75, 3.05) is 5.75 Å². The predicted molar refractivity (Wildman–Crippen MR) is 129 cm³/mol. The third kappa shape index (κ3) is 4.30. The van der Waals surface area contributed by atoms with Crippen molar-refractivity contribution in [3.8, 4) is 5.75 Å². The molecule has 0 aliphatic rings. The van der Waals surface area contributed by atoms with Crippen molar-refractivity contribution in [3.05, 3.63) is 71.2 Å². The maximum Gasteiger partial charge on any atom is 0.191 e. The Kier molecular flexibility index (Phi) is 6.65. The summed E-state index contributed by atoms with van der Waals surface area (Å²) in [5.74, 6) is 2.05. The largest absolute Gasteiger partial charge is 0.485 e. The second-order valence-corrected chi connectivity index (χ2v) is 8.65. The van der Waals surface area contributed by atoms with E-state index < -0.39 is 0 Å². The van der Waals surface area contributed by atoms with Gasteiger partial charge in [0.1, 0.15) is 12.4 Å². The highest BCUT2D eigenvalue weighted by molar-refractivity contribution is 7.99. The van der Waals surface area contributed by atoms with Gasteiger partial charge < -0.3 is 13.9 Å². The number of ketones is 1. The Hall–Kier alpha value is -3.06. The molecule has 0 spiro atoms. The number of aryl methyl sites for hydroxylation is 3. The summed E-state index contributed by atoms with van der Waals surface area (Å²) in [6.45, 7) is 10.1. The number of carbonyl (C=O) groups excluding carboxylic acids is 1. The van der Waals surface area contributed by atoms with Gasteiger partial charge in [0, 0.05) is 35.8 Å². The first-order valence-corrected chi connectivity index (χ1v) is 11.9. The van der Waals surface area contributed by atoms with Gasteiger partial charge in [0.25, 0.3) is 0 Å². The Morgan fingerprint density at radius 1 is 1.00 bits per heavy atom. The maximum atomic E-state index is 13.0. The number of carbonyl (C=O) groups is 1. The number of fused-ring (bicyclic) bond motifs is 1. The summed E-state index contributed by atoms with van der Waals surface area (Å²) in [6.07, 6.45) is 1.96. The molecule has 0 aliphatic heterocycles. The number of hydrogen-bond donors (Lipinski definition) is 0. The molecule has 7 heteroatoms. The number of nitrogens with zero attached hydrogens (tertiary/aromatic N) is 4. The summed E-state index contributed by atoms with van der Waals surface area (Å²) >= 11 is 1.42. The van der Waals surface area contributed by atoms with Crippen LogP contribution in [-0.4, -0.2) is 30.9 Å². The lowest BCUT2D eigenvalue weighted by Gasteiger charge is -2.12. The SMILES string of the molecule is CCn1c(COc2c(C)cccc2C)nnc1SCC(=O)c1cn(CC)c2ccccc12. The molecule has 6 nitrogen and oxygen atoms in total. The van der Waals surface area contributed by atoms with Crippen LogP contribution < -0.4 is 4.74 Å². The van der Waals surface area contributed by atoms with E-state index in [1.165, 1.54) is 11.8 Å². The summed E-state index contributed by atoms with van der Waals surface area (Å²) in [4.78, 5) is 13.0. The molecule has 0 fully saturated rings. The van der Waals surface area contributed by atoms with Crippen LogP contribution in [0, 0.1) is 13.8 Å². The van der Waals surface area contributed by atoms with Gasteiger partial charge >= 0.3 is 0 Å². The number of hydrogen-bond acceptors (Lipinski definition) is 5. The van der Waals surface area contributed by atoms with E-state index in [2.05, 4.69) is 27.8 Å². The summed E-state index contributed by atoms with van der Waals surface area (Å²) < 4.78 is 10.2. The first-order valence-electron chi connectivity index (χ1n) is 10.9. The molecular weight excluding hydrogens is 420 g/mol. The molecule has 4 aromatic rings. The number of ether oxygens (including phenoxy) is 1. The van der Waals surface area contributed by atoms with E-state index in [1.807, 2.05) is 67.9 Å². The number of Topliss-reactive ketones (excluding diaryl/α,β-unsaturated/α-hetero) is 1. The van der Waals surface area contributed by atoms with Crippen LogP contribution in [0.15, 0.2) is 53.8 Å². The first kappa shape index (κ1) is 22.1. The van der Waals surface area contributed by atoms with Gasteiger partial charge in [0.05, 0.1) is 5.75 Å². The van der Waals surface area contributed by atoms with E-state index in [0.717, 1.165) is 50.9 Å². The van der Waals surface area contributed by atoms with Crippen LogP contribution in [0.2, 0.25) is 0 Å². The van der Waals surface area contributed by atoms with Crippen molar-refractivity contribution in [2.24, 2.45) is 0 Å². The molecule has 0 bridgehead atoms. The third-order valence-corrected chi connectivity index (χ3v) is 6.59. The van der Waals surface area contributed by atoms with Gasteiger partial charge in [0.15, 0.2) is 16.8 Å². The summed E-state index contributed by atoms with van der Waals surface area (Å²) in [5, 5.41) is 10.4. The highest BCUT2D eigenvalue weighted by atomic mass is 32.2. The fourth-order valence-corrected chi connectivity index (χ4v) is 4.86. The molecule has 0 N–H and O–H groups in total. The van der Waals surface area contributed by atoms with Gasteiger partial charge in [-0.25, -0.2) is 0 Å². The van der Waals surface area contributed by atoms with Crippen LogP contribution in [0.5, 0.6) is 5.75 Å². The van der Waals surface area contributed by atoms with E-state index in [4.69, 9.17) is 4.74 Å². The summed E-state index contributed by atoms with van der Waals surface area (Å²) in [7, 11) is 0. The quantitative estimate of drug-likeness (QED) is 0.252. The molecule has 0 saturated heterocycles. The molecule has 0 atom stereocenters. The van der Waals surface area contributed by atoms with E-state index in [9.17, 15) is 4.79 Å². The minimum absolute atomic E-state index is 0.0948. The van der Waals surface area contributed by atoms with Crippen molar-refractivity contribution in [1.29, 1.82) is 0 Å². The molecule has 4 rings (SSSR count). The van der Waals surface area contributed by atoms with Crippen molar-refractivity contribution < 1.29 is 9.53 Å². The second-order valence-electron chi connectivity index (χ2n) is 7.71. The lowest BCUT2D eigenvalue weighted by molar-refractivity contribution is 0.102. The fraction of sp³-hybridized carbons (Fsp3) is 0.320. The van der Waals surface area contributed by atoms with E-state index in [1.54, 1.807) is 0 Å². The van der Waals surface area contributed by atoms with Gasteiger partial charge in [-0.05, 0) is 44.9 Å². The first-order chi connectivity index (χ1) is 15.5. The molecular formula is C25H28N4O2S. The topological polar surface area (TPSA) is 61.9 Å². The highest BCUT2D eigenvalue weighted by Crippen LogP contribution is 2.26. The average molecular weight is 449 g/mol. The summed E-state index contributed by atoms with van der Waals surface area (Å²) in [5.41, 5.74) is 4.04. The van der Waals surface area contributed by atoms with Crippen LogP contribution in [0.25, 0.3) is 10.9 Å². The lowest BCUT2D eigenvalue weighted by atomic mass is 10.1. The number of rotatable bonds is 9. The molecule has 2 heterocycles. The fourth-order valence-electron chi connectivity index (χ4n) is 3.95. The Morgan fingerprint density at radius 2 is 1.75 bits per heavy atom. The van der Waals surface area contributed by atoms with E-state index in [0.29, 0.717) is 18.9 Å². The van der Waals surface area contributed by atoms with Crippen molar-refractivity contribution in [2.45, 2.75) is 52.5 Å². The Morgan fingerprint density at radius 3 is 2.47 bits per heavy atom. The predicted octanol–water partition coefficient (Wildman–Crippen LogP) is 5.44. The third-order valence-electron chi connectivity index (χ3n) is 5.63. The Labute approximate surface area is 192 Å². The van der Waals surface area contributed by atoms with E-state index in [-0.39, 0.29) is 5.78 Å². The molecule has 0 saturated carbocycles. The monoisotopic (exact) mass is 448 g/mol. The number of thioether (sulfide) groups is 1. The number of para-hydroxylation sites is 2. The molecule has 0 unspecified atom stereocenters. The zero-order chi connectivity index (χ0) is 22.7. The maximum absolute atomic E-state index is 13.0. The van der Waals surface area contributed by atoms with Gasteiger partial charge in [-0.15, -0.1) is 10.2 Å². The molecule has 32 heavy (non-hydrogen) atoms. The molecule has 0 aliphatic carbocycles. The van der Waals surface area contributed by atoms with Crippen molar-refractivity contribution >= 4 is 28.4 Å². The summed E-state index contributed by atoms with van der Waals surface area (Å²) in [6, 6.07) is 14.1. The zero-order valence-electron chi connectivity index (χ0n) is 19.0. The lowest BCUT2D eigenvalue weighted by Crippen LogP contribution is -2.09. The van der Waals surface area contributed by atoms with Gasteiger partial charge in [-0.3, -0.25) is 4.79 Å². The van der Waals surface area contributed by atoms with Crippen LogP contribution in [0.3, 0.4) is 0 Å². The van der Waals surface area contributed by atoms with E-state index >= 15 is 0 Å². The number of benzene rings is 2. The minimum atomic E-state index is 0.0948. The number of aromatic nitrogens is 4. The average Bonchev–Trinajstić information content (AvgIpc) is 3.38. The van der Waals surface area contributed by atoms with Crippen molar-refractivity contribution in [1.82, 2.24) is 19.3 Å². The molecule has 0 radical (unpaired) electrons. The van der Waals surface area contributed by atoms with Crippen LogP contribution in [0.4, 0.5) is 0 Å². The Balaban J connectivity index is 1.48. The minimum Gasteiger partial charge on any atom is -0.485 e. The molecule has 2 aromatic heterocycles. The normalized spacial score (nSPS) is 11.2. The van der Waals surface area contributed by atoms with Crippen LogP contribution in [0.1, 0.15) is 41.2 Å². The molecule has 2 aromatic carbocycles. The smallest absolute Gasteiger partial charge is 0.191 e. The van der Waals surface area contributed by atoms with Gasteiger partial charge in [0.2, 0.25) is 0 Å². The van der Waals surface area contributed by atoms with Crippen LogP contribution in [-0.2, 0) is 19.7 Å². The second kappa shape index (κ2) is 9.61. The Bertz CT molecular complexity index is 1240. The van der Waals surface area contributed by atoms with Crippen LogP contribution >= 0.6 is 11.8 Å². The zero-order valence-corrected chi connectivity index (χ0v) is 19.8. The molecule has 166 valence electrons. The molecule has 0 amide bonds. The van der Waals surface area contributed by atoms with Gasteiger partial charge in [-0.2, -0.15) is 0 Å². The standard InChI is InChI=1S/C25H28N4O2S/c1-5-28-14-20(19-12-7-8-13-21(19)28)22(30)16-32-25-27-26-23(29(25)6-2)15-31-24-17(3)10-9-11-18(24)4/h7-14H,5-6,15-16H2,1-4H3.